The molecule has 1 aliphatic rings. The van der Waals surface area contributed by atoms with Gasteiger partial charge in [0.15, 0.2) is 0 Å². The molecule has 0 radical (unpaired) electrons. The van der Waals surface area contributed by atoms with Crippen molar-refractivity contribution in [1.29, 1.82) is 0 Å². The van der Waals surface area contributed by atoms with Crippen LogP contribution in [-0.4, -0.2) is 17.6 Å². The molecule has 0 bridgehead atoms. The lowest BCUT2D eigenvalue weighted by atomic mass is 10.1. The fourth-order valence-electron chi connectivity index (χ4n) is 2.71. The van der Waals surface area contributed by atoms with E-state index in [0.29, 0.717) is 6.04 Å². The zero-order chi connectivity index (χ0) is 11.1. The largest absolute Gasteiger partial charge is 0.358 e. The van der Waals surface area contributed by atoms with Crippen LogP contribution < -0.4 is 5.32 Å². The fraction of sp³-hybridized carbons (Fsp3) is 0.429. The van der Waals surface area contributed by atoms with Crippen LogP contribution in [-0.2, 0) is 12.8 Å². The Hall–Kier alpha value is -1.28. The number of aromatic nitrogens is 1. The van der Waals surface area contributed by atoms with Gasteiger partial charge in [-0.2, -0.15) is 0 Å². The standard InChI is InChI=1S/C14H18N2/c1-9-3-4-11-12-5-6-15-10(2)8-14(12)16-13(11)7-9/h3-4,7,10,15-16H,5-6,8H2,1-2H3. The Kier molecular flexibility index (Phi) is 2.25. The Balaban J connectivity index is 2.18. The van der Waals surface area contributed by atoms with Gasteiger partial charge in [0.25, 0.3) is 0 Å². The van der Waals surface area contributed by atoms with Gasteiger partial charge in [0, 0.05) is 29.1 Å². The first-order valence-corrected chi connectivity index (χ1v) is 6.07. The van der Waals surface area contributed by atoms with Gasteiger partial charge in [-0.05, 0) is 44.0 Å². The number of aromatic amines is 1. The van der Waals surface area contributed by atoms with Crippen LogP contribution in [0.1, 0.15) is 23.7 Å². The molecule has 1 unspecified atom stereocenters. The van der Waals surface area contributed by atoms with E-state index in [0.717, 1.165) is 19.4 Å². The molecule has 1 aliphatic heterocycles. The molecule has 2 heterocycles. The zero-order valence-corrected chi connectivity index (χ0v) is 9.93. The molecule has 2 aromatic rings. The van der Waals surface area contributed by atoms with Crippen molar-refractivity contribution in [3.05, 3.63) is 35.0 Å². The summed E-state index contributed by atoms with van der Waals surface area (Å²) in [6.07, 6.45) is 2.26. The Morgan fingerprint density at radius 2 is 2.19 bits per heavy atom. The summed E-state index contributed by atoms with van der Waals surface area (Å²) in [4.78, 5) is 3.59. The van der Waals surface area contributed by atoms with E-state index in [9.17, 15) is 0 Å². The summed E-state index contributed by atoms with van der Waals surface area (Å²) in [5, 5.41) is 4.95. The lowest BCUT2D eigenvalue weighted by Crippen LogP contribution is -2.27. The summed E-state index contributed by atoms with van der Waals surface area (Å²) >= 11 is 0. The highest BCUT2D eigenvalue weighted by Gasteiger charge is 2.16. The molecule has 2 heteroatoms. The topological polar surface area (TPSA) is 27.8 Å². The van der Waals surface area contributed by atoms with Crippen molar-refractivity contribution in [3.63, 3.8) is 0 Å². The Morgan fingerprint density at radius 1 is 1.31 bits per heavy atom. The molecule has 1 atom stereocenters. The fourth-order valence-corrected chi connectivity index (χ4v) is 2.71. The molecule has 3 rings (SSSR count). The van der Waals surface area contributed by atoms with E-state index in [1.165, 1.54) is 27.7 Å². The summed E-state index contributed by atoms with van der Waals surface area (Å²) in [7, 11) is 0. The first-order chi connectivity index (χ1) is 7.74. The number of aryl methyl sites for hydroxylation is 1. The molecule has 2 N–H and O–H groups in total. The van der Waals surface area contributed by atoms with Gasteiger partial charge in [-0.1, -0.05) is 12.1 Å². The predicted molar refractivity (Wildman–Crippen MR) is 67.9 cm³/mol. The van der Waals surface area contributed by atoms with Gasteiger partial charge in [0.2, 0.25) is 0 Å². The van der Waals surface area contributed by atoms with Gasteiger partial charge < -0.3 is 10.3 Å². The van der Waals surface area contributed by atoms with Crippen molar-refractivity contribution < 1.29 is 0 Å². The van der Waals surface area contributed by atoms with Crippen molar-refractivity contribution >= 4 is 10.9 Å². The second-order valence-electron chi connectivity index (χ2n) is 4.94. The maximum absolute atomic E-state index is 3.59. The molecule has 84 valence electrons. The van der Waals surface area contributed by atoms with Gasteiger partial charge in [-0.15, -0.1) is 0 Å². The smallest absolute Gasteiger partial charge is 0.0461 e. The third-order valence-electron chi connectivity index (χ3n) is 3.53. The summed E-state index contributed by atoms with van der Waals surface area (Å²) in [5.74, 6) is 0. The van der Waals surface area contributed by atoms with Gasteiger partial charge in [-0.3, -0.25) is 0 Å². The number of fused-ring (bicyclic) bond motifs is 3. The number of rotatable bonds is 0. The molecule has 0 amide bonds. The monoisotopic (exact) mass is 214 g/mol. The summed E-state index contributed by atoms with van der Waals surface area (Å²) in [6, 6.07) is 7.30. The first kappa shape index (κ1) is 9.91. The molecule has 2 nitrogen and oxygen atoms in total. The highest BCUT2D eigenvalue weighted by atomic mass is 14.9. The van der Waals surface area contributed by atoms with Crippen LogP contribution in [0.25, 0.3) is 10.9 Å². The summed E-state index contributed by atoms with van der Waals surface area (Å²) in [5.41, 5.74) is 5.58. The predicted octanol–water partition coefficient (Wildman–Crippen LogP) is 2.55. The Morgan fingerprint density at radius 3 is 3.06 bits per heavy atom. The van der Waals surface area contributed by atoms with Crippen LogP contribution in [0.2, 0.25) is 0 Å². The van der Waals surface area contributed by atoms with Crippen LogP contribution in [0.15, 0.2) is 18.2 Å². The van der Waals surface area contributed by atoms with Gasteiger partial charge in [0.05, 0.1) is 0 Å². The van der Waals surface area contributed by atoms with Crippen molar-refractivity contribution in [2.24, 2.45) is 0 Å². The van der Waals surface area contributed by atoms with Crippen LogP contribution in [0.4, 0.5) is 0 Å². The maximum Gasteiger partial charge on any atom is 0.0461 e. The van der Waals surface area contributed by atoms with E-state index in [-0.39, 0.29) is 0 Å². The Bertz CT molecular complexity index is 525. The lowest BCUT2D eigenvalue weighted by Gasteiger charge is -2.07. The van der Waals surface area contributed by atoms with E-state index in [4.69, 9.17) is 0 Å². The molecule has 0 saturated carbocycles. The average molecular weight is 214 g/mol. The lowest BCUT2D eigenvalue weighted by molar-refractivity contribution is 0.564. The van der Waals surface area contributed by atoms with Crippen molar-refractivity contribution in [1.82, 2.24) is 10.3 Å². The minimum Gasteiger partial charge on any atom is -0.358 e. The minimum atomic E-state index is 0.579. The van der Waals surface area contributed by atoms with Crippen molar-refractivity contribution in [3.8, 4) is 0 Å². The molecule has 0 spiro atoms. The third-order valence-corrected chi connectivity index (χ3v) is 3.53. The van der Waals surface area contributed by atoms with E-state index in [1.807, 2.05) is 0 Å². The minimum absolute atomic E-state index is 0.579. The van der Waals surface area contributed by atoms with Crippen molar-refractivity contribution in [2.75, 3.05) is 6.54 Å². The van der Waals surface area contributed by atoms with Crippen molar-refractivity contribution in [2.45, 2.75) is 32.7 Å². The molecule has 1 aromatic carbocycles. The van der Waals surface area contributed by atoms with E-state index in [2.05, 4.69) is 42.3 Å². The second-order valence-corrected chi connectivity index (χ2v) is 4.94. The SMILES string of the molecule is Cc1ccc2c3c([nH]c2c1)CC(C)NCC3. The van der Waals surface area contributed by atoms with Gasteiger partial charge in [-0.25, -0.2) is 0 Å². The number of nitrogens with one attached hydrogen (secondary N) is 2. The molecule has 0 saturated heterocycles. The second kappa shape index (κ2) is 3.63. The number of hydrogen-bond donors (Lipinski definition) is 2. The highest BCUT2D eigenvalue weighted by molar-refractivity contribution is 5.85. The van der Waals surface area contributed by atoms with Crippen LogP contribution in [0.5, 0.6) is 0 Å². The Labute approximate surface area is 96.1 Å². The molecule has 0 aliphatic carbocycles. The zero-order valence-electron chi connectivity index (χ0n) is 9.93. The number of H-pyrrole nitrogens is 1. The normalized spacial score (nSPS) is 20.8. The van der Waals surface area contributed by atoms with E-state index >= 15 is 0 Å². The van der Waals surface area contributed by atoms with E-state index < -0.39 is 0 Å². The van der Waals surface area contributed by atoms with Crippen LogP contribution in [0, 0.1) is 6.92 Å². The molecule has 16 heavy (non-hydrogen) atoms. The number of benzene rings is 1. The maximum atomic E-state index is 3.59. The molecular formula is C14H18N2. The van der Waals surface area contributed by atoms with Gasteiger partial charge in [0.1, 0.15) is 0 Å². The van der Waals surface area contributed by atoms with E-state index in [1.54, 1.807) is 0 Å². The molecule has 1 aromatic heterocycles. The number of hydrogen-bond acceptors (Lipinski definition) is 1. The average Bonchev–Trinajstić information content (AvgIpc) is 2.44. The summed E-state index contributed by atoms with van der Waals surface area (Å²) < 4.78 is 0. The quantitative estimate of drug-likeness (QED) is 0.693. The molecular weight excluding hydrogens is 196 g/mol. The summed E-state index contributed by atoms with van der Waals surface area (Å²) in [6.45, 7) is 5.50. The van der Waals surface area contributed by atoms with Crippen LogP contribution >= 0.6 is 0 Å². The molecule has 0 fully saturated rings. The van der Waals surface area contributed by atoms with Gasteiger partial charge >= 0.3 is 0 Å². The third kappa shape index (κ3) is 1.54. The highest BCUT2D eigenvalue weighted by Crippen LogP contribution is 2.26. The first-order valence-electron chi connectivity index (χ1n) is 6.07. The van der Waals surface area contributed by atoms with Crippen LogP contribution in [0.3, 0.4) is 0 Å².